The number of fused-ring (bicyclic) bond motifs is 3. The van der Waals surface area contributed by atoms with Crippen molar-refractivity contribution in [2.75, 3.05) is 40.8 Å². The molecule has 2 fully saturated rings. The van der Waals surface area contributed by atoms with E-state index in [1.807, 2.05) is 24.3 Å². The second-order valence-corrected chi connectivity index (χ2v) is 18.8. The molecule has 2 amide bonds. The summed E-state index contributed by atoms with van der Waals surface area (Å²) in [7, 11) is 0.802. The summed E-state index contributed by atoms with van der Waals surface area (Å²) in [5.41, 5.74) is 2.11. The zero-order chi connectivity index (χ0) is 34.7. The lowest BCUT2D eigenvalue weighted by molar-refractivity contribution is -0.142. The molecule has 4 atom stereocenters. The van der Waals surface area contributed by atoms with Crippen LogP contribution in [0.5, 0.6) is 28.7 Å². The fourth-order valence-electron chi connectivity index (χ4n) is 6.70. The van der Waals surface area contributed by atoms with Gasteiger partial charge in [0.2, 0.25) is 12.7 Å². The zero-order valence-corrected chi connectivity index (χ0v) is 29.2. The van der Waals surface area contributed by atoms with Crippen LogP contribution in [0.4, 0.5) is 0 Å². The van der Waals surface area contributed by atoms with Crippen molar-refractivity contribution in [2.24, 2.45) is 16.8 Å². The van der Waals surface area contributed by atoms with E-state index in [0.29, 0.717) is 39.9 Å². The highest BCUT2D eigenvalue weighted by atomic mass is 28.4. The molecule has 1 aliphatic carbocycles. The Balaban J connectivity index is 1.50. The minimum absolute atomic E-state index is 0.0176. The lowest BCUT2D eigenvalue weighted by Crippen LogP contribution is -2.45. The number of nitrogens with zero attached hydrogens (tertiary/aromatic N) is 2. The second kappa shape index (κ2) is 12.4. The van der Waals surface area contributed by atoms with Gasteiger partial charge in [-0.15, -0.1) is 0 Å². The van der Waals surface area contributed by atoms with Gasteiger partial charge in [0.15, 0.2) is 28.7 Å². The molecule has 2 aromatic rings. The Morgan fingerprint density at radius 3 is 2.12 bits per heavy atom. The predicted octanol–water partition coefficient (Wildman–Crippen LogP) is 3.35. The summed E-state index contributed by atoms with van der Waals surface area (Å²) in [6.07, 6.45) is -0.300. The third kappa shape index (κ3) is 5.49. The number of imide groups is 1. The first-order valence-electron chi connectivity index (χ1n) is 15.9. The number of amides is 2. The van der Waals surface area contributed by atoms with Crippen LogP contribution in [-0.4, -0.2) is 93.8 Å². The lowest BCUT2D eigenvalue weighted by atomic mass is 9.65. The summed E-state index contributed by atoms with van der Waals surface area (Å²) in [5.74, 6) is -1.07. The van der Waals surface area contributed by atoms with Gasteiger partial charge in [0.05, 0.1) is 58.5 Å². The van der Waals surface area contributed by atoms with Crippen LogP contribution in [0.15, 0.2) is 29.3 Å². The standard InChI is InChI=1S/C34H42N2O11Si/c1-34(2,3)48(6,7)47-31-25(42-4)8-17(9-26(31)43-5)28-19-10-23-24(46-16-45-23)11-20(19)30(21-15-44-33(41)29(21)28)35-22-12-27(39)36(32(22)40)18(13-37)14-38/h8-11,18,21,28-30,37-38H,12-16H2,1-7H3/t21-,28+,29-,30+/m0/s1. The Bertz CT molecular complexity index is 1650. The van der Waals surface area contributed by atoms with Gasteiger partial charge in [0.25, 0.3) is 14.2 Å². The van der Waals surface area contributed by atoms with Crippen molar-refractivity contribution in [1.29, 1.82) is 0 Å². The number of aliphatic hydroxyl groups excluding tert-OH is 2. The van der Waals surface area contributed by atoms with E-state index < -0.39 is 69.2 Å². The number of cyclic esters (lactones) is 1. The third-order valence-electron chi connectivity index (χ3n) is 10.3. The molecule has 2 saturated heterocycles. The molecule has 2 aromatic carbocycles. The molecule has 6 rings (SSSR count). The number of hydrogen-bond donors (Lipinski definition) is 2. The van der Waals surface area contributed by atoms with Crippen molar-refractivity contribution in [1.82, 2.24) is 4.90 Å². The quantitative estimate of drug-likeness (QED) is 0.227. The highest BCUT2D eigenvalue weighted by molar-refractivity contribution is 6.74. The molecule has 4 aliphatic rings. The summed E-state index contributed by atoms with van der Waals surface area (Å²) in [6, 6.07) is 5.54. The number of hydrogen-bond acceptors (Lipinski definition) is 12. The van der Waals surface area contributed by atoms with Gasteiger partial charge in [0, 0.05) is 11.8 Å². The third-order valence-corrected chi connectivity index (χ3v) is 14.6. The summed E-state index contributed by atoms with van der Waals surface area (Å²) in [5, 5.41) is 19.3. The maximum Gasteiger partial charge on any atom is 0.310 e. The van der Waals surface area contributed by atoms with E-state index in [-0.39, 0.29) is 30.6 Å². The van der Waals surface area contributed by atoms with Crippen LogP contribution in [-0.2, 0) is 19.1 Å². The number of ether oxygens (including phenoxy) is 5. The summed E-state index contributed by atoms with van der Waals surface area (Å²) in [4.78, 5) is 45.6. The van der Waals surface area contributed by atoms with Crippen LogP contribution in [0, 0.1) is 11.8 Å². The van der Waals surface area contributed by atoms with E-state index in [1.54, 1.807) is 14.2 Å². The van der Waals surface area contributed by atoms with Gasteiger partial charge in [-0.05, 0) is 59.1 Å². The van der Waals surface area contributed by atoms with Crippen LogP contribution < -0.4 is 23.4 Å². The second-order valence-electron chi connectivity index (χ2n) is 14.0. The fourth-order valence-corrected chi connectivity index (χ4v) is 7.72. The predicted molar refractivity (Wildman–Crippen MR) is 174 cm³/mol. The molecule has 2 N–H and O–H groups in total. The SMILES string of the molecule is COc1cc([C@@H]2c3cc4c(cc3[C@@H](N=C3CC(=O)N(C(CO)CO)C3=O)[C@H]3COC(=O)[C@H]23)OCO4)cc(OC)c1O[Si](C)(C)C(C)(C)C. The largest absolute Gasteiger partial charge is 0.539 e. The van der Waals surface area contributed by atoms with Gasteiger partial charge in [-0.2, -0.15) is 0 Å². The maximum atomic E-state index is 13.6. The van der Waals surface area contributed by atoms with E-state index in [0.717, 1.165) is 10.5 Å². The minimum Gasteiger partial charge on any atom is -0.539 e. The molecule has 0 unspecified atom stereocenters. The van der Waals surface area contributed by atoms with Crippen LogP contribution in [0.1, 0.15) is 55.8 Å². The number of benzene rings is 2. The Hall–Kier alpha value is -4.14. The molecule has 0 radical (unpaired) electrons. The zero-order valence-electron chi connectivity index (χ0n) is 28.2. The number of aliphatic imine (C=N–C) groups is 1. The van der Waals surface area contributed by atoms with Gasteiger partial charge in [0.1, 0.15) is 5.71 Å². The average Bonchev–Trinajstić information content (AvgIpc) is 3.74. The summed E-state index contributed by atoms with van der Waals surface area (Å²) >= 11 is 0. The van der Waals surface area contributed by atoms with Crippen molar-refractivity contribution < 1.29 is 52.7 Å². The van der Waals surface area contributed by atoms with E-state index in [4.69, 9.17) is 33.1 Å². The van der Waals surface area contributed by atoms with Gasteiger partial charge < -0.3 is 38.3 Å². The molecule has 258 valence electrons. The molecule has 14 heteroatoms. The summed E-state index contributed by atoms with van der Waals surface area (Å²) < 4.78 is 35.6. The molecule has 0 saturated carbocycles. The maximum absolute atomic E-state index is 13.6. The first kappa shape index (κ1) is 33.7. The number of likely N-dealkylation sites (tertiary alicyclic amines) is 1. The number of carbonyl (C=O) groups is 3. The molecule has 3 aliphatic heterocycles. The number of methoxy groups -OCH3 is 2. The van der Waals surface area contributed by atoms with Gasteiger partial charge in [-0.3, -0.25) is 24.3 Å². The van der Waals surface area contributed by atoms with Gasteiger partial charge in [-0.1, -0.05) is 20.8 Å². The number of carbonyl (C=O) groups excluding carboxylic acids is 3. The van der Waals surface area contributed by atoms with Crippen LogP contribution in [0.3, 0.4) is 0 Å². The van der Waals surface area contributed by atoms with E-state index in [9.17, 15) is 24.6 Å². The Morgan fingerprint density at radius 2 is 1.56 bits per heavy atom. The normalized spacial score (nSPS) is 24.2. The van der Waals surface area contributed by atoms with Gasteiger partial charge in [-0.25, -0.2) is 0 Å². The van der Waals surface area contributed by atoms with Crippen molar-refractivity contribution in [3.8, 4) is 28.7 Å². The number of rotatable bonds is 9. The van der Waals surface area contributed by atoms with Crippen LogP contribution in [0.25, 0.3) is 0 Å². The monoisotopic (exact) mass is 682 g/mol. The first-order valence-corrected chi connectivity index (χ1v) is 18.8. The van der Waals surface area contributed by atoms with E-state index in [1.165, 1.54) is 0 Å². The highest BCUT2D eigenvalue weighted by Crippen LogP contribution is 2.57. The molecule has 48 heavy (non-hydrogen) atoms. The van der Waals surface area contributed by atoms with Crippen LogP contribution in [0.2, 0.25) is 18.1 Å². The summed E-state index contributed by atoms with van der Waals surface area (Å²) in [6.45, 7) is 9.59. The number of aliphatic hydroxyl groups is 2. The Kier molecular flexibility index (Phi) is 8.71. The number of esters is 1. The van der Waals surface area contributed by atoms with Crippen molar-refractivity contribution in [3.05, 3.63) is 41.0 Å². The molecular formula is C34H42N2O11Si. The van der Waals surface area contributed by atoms with E-state index >= 15 is 0 Å². The first-order chi connectivity index (χ1) is 22.7. The molecule has 0 aromatic heterocycles. The topological polar surface area (TPSA) is 163 Å². The molecule has 0 spiro atoms. The average molecular weight is 683 g/mol. The van der Waals surface area contributed by atoms with Crippen molar-refractivity contribution in [3.63, 3.8) is 0 Å². The fraction of sp³-hybridized carbons (Fsp3) is 0.529. The van der Waals surface area contributed by atoms with Crippen LogP contribution >= 0.6 is 0 Å². The smallest absolute Gasteiger partial charge is 0.310 e. The van der Waals surface area contributed by atoms with Crippen molar-refractivity contribution >= 4 is 31.8 Å². The van der Waals surface area contributed by atoms with Crippen molar-refractivity contribution in [2.45, 2.75) is 63.3 Å². The Morgan fingerprint density at radius 1 is 0.958 bits per heavy atom. The highest BCUT2D eigenvalue weighted by Gasteiger charge is 2.54. The van der Waals surface area contributed by atoms with E-state index in [2.05, 4.69) is 33.9 Å². The molecule has 3 heterocycles. The minimum atomic E-state index is -2.32. The molecule has 13 nitrogen and oxygen atoms in total. The molecule has 0 bridgehead atoms. The molecular weight excluding hydrogens is 640 g/mol. The van der Waals surface area contributed by atoms with Gasteiger partial charge >= 0.3 is 5.97 Å². The lowest BCUT2D eigenvalue weighted by Gasteiger charge is -2.39. The Labute approximate surface area is 279 Å².